The van der Waals surface area contributed by atoms with Gasteiger partial charge in [0.2, 0.25) is 10.0 Å². The molecular formula is C18H16ClN3O4S. The first-order valence-electron chi connectivity index (χ1n) is 8.04. The molecule has 9 heteroatoms. The Morgan fingerprint density at radius 1 is 1.30 bits per heavy atom. The van der Waals surface area contributed by atoms with Gasteiger partial charge in [0.15, 0.2) is 0 Å². The van der Waals surface area contributed by atoms with Crippen molar-refractivity contribution in [2.75, 3.05) is 29.0 Å². The van der Waals surface area contributed by atoms with Crippen LogP contribution in [0.1, 0.15) is 22.3 Å². The zero-order chi connectivity index (χ0) is 19.6. The molecule has 0 aromatic heterocycles. The number of hydrogen-bond acceptors (Lipinski definition) is 5. The maximum atomic E-state index is 12.7. The van der Waals surface area contributed by atoms with Crippen LogP contribution in [0.15, 0.2) is 36.4 Å². The molecule has 1 N–H and O–H groups in total. The molecule has 27 heavy (non-hydrogen) atoms. The summed E-state index contributed by atoms with van der Waals surface area (Å²) in [6, 6.07) is 11.1. The van der Waals surface area contributed by atoms with Gasteiger partial charge in [0.05, 0.1) is 40.8 Å². The number of ether oxygens (including phenoxy) is 1. The molecule has 0 unspecified atom stereocenters. The average Bonchev–Trinajstić information content (AvgIpc) is 3.00. The van der Waals surface area contributed by atoms with Crippen molar-refractivity contribution >= 4 is 38.9 Å². The first kappa shape index (κ1) is 19.0. The molecule has 0 spiro atoms. The summed E-state index contributed by atoms with van der Waals surface area (Å²) < 4.78 is 30.6. The zero-order valence-electron chi connectivity index (χ0n) is 14.4. The molecule has 0 atom stereocenters. The Morgan fingerprint density at radius 2 is 2.07 bits per heavy atom. The molecule has 0 aliphatic carbocycles. The summed E-state index contributed by atoms with van der Waals surface area (Å²) >= 11 is 6.15. The number of nitrogens with zero attached hydrogens (tertiary/aromatic N) is 2. The molecule has 3 rings (SSSR count). The van der Waals surface area contributed by atoms with Crippen LogP contribution in [0.2, 0.25) is 5.02 Å². The third-order valence-corrected chi connectivity index (χ3v) is 6.31. The van der Waals surface area contributed by atoms with Crippen molar-refractivity contribution in [3.8, 4) is 11.8 Å². The molecule has 1 heterocycles. The third kappa shape index (κ3) is 3.99. The lowest BCUT2D eigenvalue weighted by Gasteiger charge is -2.18. The fourth-order valence-corrected chi connectivity index (χ4v) is 4.58. The quantitative estimate of drug-likeness (QED) is 0.842. The lowest BCUT2D eigenvalue weighted by molar-refractivity contribution is 0.102. The highest BCUT2D eigenvalue weighted by Gasteiger charge is 2.29. The molecule has 1 aliphatic rings. The fourth-order valence-electron chi connectivity index (χ4n) is 2.82. The van der Waals surface area contributed by atoms with Crippen LogP contribution in [0.3, 0.4) is 0 Å². The number of nitriles is 1. The van der Waals surface area contributed by atoms with Crippen molar-refractivity contribution in [2.45, 2.75) is 6.42 Å². The summed E-state index contributed by atoms with van der Waals surface area (Å²) in [5.41, 5.74) is 1.22. The summed E-state index contributed by atoms with van der Waals surface area (Å²) in [6.07, 6.45) is 0.535. The predicted molar refractivity (Wildman–Crippen MR) is 103 cm³/mol. The van der Waals surface area contributed by atoms with Crippen LogP contribution >= 0.6 is 11.6 Å². The van der Waals surface area contributed by atoms with E-state index in [1.807, 2.05) is 6.07 Å². The number of halogens is 1. The number of hydrogen-bond donors (Lipinski definition) is 1. The van der Waals surface area contributed by atoms with Crippen molar-refractivity contribution < 1.29 is 17.9 Å². The molecule has 0 radical (unpaired) electrons. The second-order valence-electron chi connectivity index (χ2n) is 5.92. The molecule has 140 valence electrons. The van der Waals surface area contributed by atoms with E-state index in [-0.39, 0.29) is 16.3 Å². The largest absolute Gasteiger partial charge is 0.497 e. The van der Waals surface area contributed by atoms with Crippen molar-refractivity contribution in [3.63, 3.8) is 0 Å². The lowest BCUT2D eigenvalue weighted by atomic mass is 10.1. The summed E-state index contributed by atoms with van der Waals surface area (Å²) in [6.45, 7) is 0.367. The maximum Gasteiger partial charge on any atom is 0.257 e. The molecule has 1 amide bonds. The van der Waals surface area contributed by atoms with Gasteiger partial charge in [-0.3, -0.25) is 9.10 Å². The monoisotopic (exact) mass is 405 g/mol. The highest BCUT2D eigenvalue weighted by atomic mass is 35.5. The van der Waals surface area contributed by atoms with Gasteiger partial charge >= 0.3 is 0 Å². The Morgan fingerprint density at radius 3 is 2.70 bits per heavy atom. The van der Waals surface area contributed by atoms with Gasteiger partial charge in [-0.1, -0.05) is 11.6 Å². The minimum absolute atomic E-state index is 0.0813. The van der Waals surface area contributed by atoms with Crippen LogP contribution in [0.4, 0.5) is 11.4 Å². The van der Waals surface area contributed by atoms with E-state index in [9.17, 15) is 13.2 Å². The van der Waals surface area contributed by atoms with E-state index < -0.39 is 15.9 Å². The number of sulfonamides is 1. The number of methoxy groups -OCH3 is 1. The standard InChI is InChI=1S/C18H16ClN3O4S/c1-26-15-8-12(11-20)7-13(9-15)21-18(23)16-10-14(3-4-17(16)19)22-5-2-6-27(22,24)25/h3-4,7-10H,2,5-6H2,1H3,(H,21,23). The normalized spacial score (nSPS) is 15.2. The van der Waals surface area contributed by atoms with E-state index in [2.05, 4.69) is 5.32 Å². The minimum Gasteiger partial charge on any atom is -0.497 e. The molecule has 1 fully saturated rings. The van der Waals surface area contributed by atoms with Gasteiger partial charge in [-0.05, 0) is 36.8 Å². The molecule has 1 aliphatic heterocycles. The molecule has 2 aromatic rings. The van der Waals surface area contributed by atoms with E-state index in [4.69, 9.17) is 21.6 Å². The summed E-state index contributed by atoms with van der Waals surface area (Å²) in [5, 5.41) is 11.9. The zero-order valence-corrected chi connectivity index (χ0v) is 16.0. The van der Waals surface area contributed by atoms with Gasteiger partial charge in [-0.25, -0.2) is 8.42 Å². The van der Waals surface area contributed by atoms with Gasteiger partial charge in [0.25, 0.3) is 5.91 Å². The van der Waals surface area contributed by atoms with Crippen LogP contribution < -0.4 is 14.4 Å². The fraction of sp³-hybridized carbons (Fsp3) is 0.222. The number of carbonyl (C=O) groups excluding carboxylic acids is 1. The number of carbonyl (C=O) groups is 1. The minimum atomic E-state index is -3.37. The molecule has 0 saturated carbocycles. The van der Waals surface area contributed by atoms with Gasteiger partial charge < -0.3 is 10.1 Å². The first-order chi connectivity index (χ1) is 12.8. The van der Waals surface area contributed by atoms with Gasteiger partial charge in [0, 0.05) is 18.3 Å². The van der Waals surface area contributed by atoms with Crippen LogP contribution in [0, 0.1) is 11.3 Å². The topological polar surface area (TPSA) is 99.5 Å². The number of rotatable bonds is 4. The Hall–Kier alpha value is -2.76. The van der Waals surface area contributed by atoms with Gasteiger partial charge in [0.1, 0.15) is 5.75 Å². The van der Waals surface area contributed by atoms with Crippen molar-refractivity contribution in [2.24, 2.45) is 0 Å². The second kappa shape index (κ2) is 7.47. The number of benzene rings is 2. The number of anilines is 2. The molecule has 2 aromatic carbocycles. The van der Waals surface area contributed by atoms with E-state index in [1.165, 1.54) is 29.6 Å². The second-order valence-corrected chi connectivity index (χ2v) is 8.34. The highest BCUT2D eigenvalue weighted by Crippen LogP contribution is 2.29. The molecule has 7 nitrogen and oxygen atoms in total. The smallest absolute Gasteiger partial charge is 0.257 e. The maximum absolute atomic E-state index is 12.7. The van der Waals surface area contributed by atoms with Crippen molar-refractivity contribution in [1.82, 2.24) is 0 Å². The Balaban J connectivity index is 1.91. The van der Waals surface area contributed by atoms with Crippen LogP contribution in [-0.2, 0) is 10.0 Å². The number of nitrogens with one attached hydrogen (secondary N) is 1. The van der Waals surface area contributed by atoms with E-state index in [0.29, 0.717) is 35.7 Å². The van der Waals surface area contributed by atoms with Crippen LogP contribution in [0.5, 0.6) is 5.75 Å². The van der Waals surface area contributed by atoms with Crippen molar-refractivity contribution in [3.05, 3.63) is 52.5 Å². The molecule has 0 bridgehead atoms. The SMILES string of the molecule is COc1cc(C#N)cc(NC(=O)c2cc(N3CCCS3(=O)=O)ccc2Cl)c1. The summed E-state index contributed by atoms with van der Waals surface area (Å²) in [5.74, 6) is -0.0132. The van der Waals surface area contributed by atoms with Crippen molar-refractivity contribution in [1.29, 1.82) is 5.26 Å². The lowest BCUT2D eigenvalue weighted by Crippen LogP contribution is -2.25. The molecule has 1 saturated heterocycles. The third-order valence-electron chi connectivity index (χ3n) is 4.11. The van der Waals surface area contributed by atoms with Crippen LogP contribution in [0.25, 0.3) is 0 Å². The highest BCUT2D eigenvalue weighted by molar-refractivity contribution is 7.93. The Labute approximate surface area is 162 Å². The van der Waals surface area contributed by atoms with E-state index >= 15 is 0 Å². The Bertz CT molecular complexity index is 1050. The van der Waals surface area contributed by atoms with E-state index in [1.54, 1.807) is 18.2 Å². The van der Waals surface area contributed by atoms with Gasteiger partial charge in [-0.2, -0.15) is 5.26 Å². The van der Waals surface area contributed by atoms with Gasteiger partial charge in [-0.15, -0.1) is 0 Å². The summed E-state index contributed by atoms with van der Waals surface area (Å²) in [4.78, 5) is 12.7. The number of amides is 1. The predicted octanol–water partition coefficient (Wildman–Crippen LogP) is 3.01. The Kier molecular flexibility index (Phi) is 5.26. The average molecular weight is 406 g/mol. The summed E-state index contributed by atoms with van der Waals surface area (Å²) in [7, 11) is -1.91. The van der Waals surface area contributed by atoms with Crippen LogP contribution in [-0.4, -0.2) is 33.7 Å². The van der Waals surface area contributed by atoms with E-state index in [0.717, 1.165) is 0 Å². The molecular weight excluding hydrogens is 390 g/mol. The first-order valence-corrected chi connectivity index (χ1v) is 10.0.